The second-order valence-electron chi connectivity index (χ2n) is 11.8. The average molecular weight is 663 g/mol. The number of rotatable bonds is 8. The summed E-state index contributed by atoms with van der Waals surface area (Å²) in [5.41, 5.74) is 1.82. The molecular weight excluding hydrogens is 633 g/mol. The lowest BCUT2D eigenvalue weighted by atomic mass is 9.73. The number of fused-ring (bicyclic) bond motifs is 2. The Hall–Kier alpha value is -3.19. The fourth-order valence-corrected chi connectivity index (χ4v) is 7.17. The molecule has 4 heterocycles. The van der Waals surface area contributed by atoms with Crippen molar-refractivity contribution in [1.29, 1.82) is 0 Å². The number of aryl methyl sites for hydroxylation is 1. The minimum atomic E-state index is -2.15. The lowest BCUT2D eigenvalue weighted by Gasteiger charge is -2.25. The molecule has 1 amide bonds. The molecule has 1 saturated carbocycles. The summed E-state index contributed by atoms with van der Waals surface area (Å²) in [7, 11) is 13.1. The van der Waals surface area contributed by atoms with Crippen LogP contribution >= 0.6 is 35.1 Å². The summed E-state index contributed by atoms with van der Waals surface area (Å²) in [4.78, 5) is 37.8. The molecular formula is C29H30B2Cl2N8O3S. The first kappa shape index (κ1) is 31.8. The van der Waals surface area contributed by atoms with Crippen molar-refractivity contribution in [1.82, 2.24) is 29.0 Å². The van der Waals surface area contributed by atoms with Crippen molar-refractivity contribution in [3.8, 4) is 0 Å². The molecule has 3 unspecified atom stereocenters. The molecule has 2 aliphatic rings. The van der Waals surface area contributed by atoms with Crippen LogP contribution in [0.4, 0.5) is 11.6 Å². The first-order chi connectivity index (χ1) is 21.2. The highest BCUT2D eigenvalue weighted by Gasteiger charge is 2.59. The number of amides is 1. The molecule has 2 fully saturated rings. The normalized spacial score (nSPS) is 19.9. The Morgan fingerprint density at radius 2 is 1.87 bits per heavy atom. The van der Waals surface area contributed by atoms with Crippen LogP contribution in [0.25, 0.3) is 10.9 Å². The third-order valence-electron chi connectivity index (χ3n) is 8.64. The van der Waals surface area contributed by atoms with Gasteiger partial charge >= 0.3 is 0 Å². The number of nitrogens with one attached hydrogen (secondary N) is 2. The van der Waals surface area contributed by atoms with Gasteiger partial charge in [0.1, 0.15) is 20.8 Å². The average Bonchev–Trinajstić information content (AvgIpc) is 3.28. The van der Waals surface area contributed by atoms with Crippen LogP contribution in [0.2, 0.25) is 10.2 Å². The number of carbonyl (C=O) groups excluding carboxylic acids is 1. The number of aromatic nitrogens is 5. The van der Waals surface area contributed by atoms with Gasteiger partial charge in [-0.15, -0.1) is 0 Å². The van der Waals surface area contributed by atoms with Crippen LogP contribution in [0.1, 0.15) is 51.9 Å². The van der Waals surface area contributed by atoms with Crippen LogP contribution in [-0.4, -0.2) is 70.4 Å². The van der Waals surface area contributed by atoms with Gasteiger partial charge < -0.3 is 15.3 Å². The molecule has 11 nitrogen and oxygen atoms in total. The summed E-state index contributed by atoms with van der Waals surface area (Å²) < 4.78 is 5.42. The number of piperidine rings is 1. The predicted octanol–water partition coefficient (Wildman–Crippen LogP) is 3.38. The summed E-state index contributed by atoms with van der Waals surface area (Å²) in [5.74, 6) is 0.751. The maximum atomic E-state index is 13.7. The zero-order valence-corrected chi connectivity index (χ0v) is 27.6. The van der Waals surface area contributed by atoms with E-state index >= 15 is 0 Å². The van der Waals surface area contributed by atoms with Crippen LogP contribution in [-0.2, 0) is 12.6 Å². The van der Waals surface area contributed by atoms with Gasteiger partial charge in [0.2, 0.25) is 5.95 Å². The van der Waals surface area contributed by atoms with Crippen molar-refractivity contribution in [2.24, 2.45) is 18.9 Å². The number of nitrogens with zero attached hydrogens (tertiary/aromatic N) is 6. The third kappa shape index (κ3) is 5.60. The zero-order valence-electron chi connectivity index (χ0n) is 25.3. The van der Waals surface area contributed by atoms with Crippen molar-refractivity contribution < 1.29 is 9.90 Å². The number of hydrogen-bond acceptors (Lipinski definition) is 9. The van der Waals surface area contributed by atoms with Gasteiger partial charge in [0, 0.05) is 37.9 Å². The van der Waals surface area contributed by atoms with Crippen molar-refractivity contribution >= 4 is 79.3 Å². The maximum absolute atomic E-state index is 13.7. The van der Waals surface area contributed by atoms with Crippen LogP contribution in [0, 0.1) is 25.7 Å². The van der Waals surface area contributed by atoms with E-state index in [2.05, 4.69) is 25.0 Å². The van der Waals surface area contributed by atoms with Crippen molar-refractivity contribution in [2.75, 3.05) is 29.6 Å². The van der Waals surface area contributed by atoms with Gasteiger partial charge in [-0.05, 0) is 56.4 Å². The van der Waals surface area contributed by atoms with Gasteiger partial charge in [0.05, 0.1) is 44.6 Å². The molecule has 3 aromatic heterocycles. The number of pyridine rings is 1. The van der Waals surface area contributed by atoms with E-state index in [1.54, 1.807) is 36.9 Å². The largest absolute Gasteiger partial charge is 0.388 e. The number of carbonyl (C=O) groups is 1. The van der Waals surface area contributed by atoms with Crippen LogP contribution in [0.5, 0.6) is 0 Å². The molecule has 0 spiro atoms. The minimum Gasteiger partial charge on any atom is -0.388 e. The van der Waals surface area contributed by atoms with Gasteiger partial charge in [-0.2, -0.15) is 5.10 Å². The van der Waals surface area contributed by atoms with E-state index in [9.17, 15) is 14.7 Å². The molecule has 0 bridgehead atoms. The van der Waals surface area contributed by atoms with Crippen molar-refractivity contribution in [2.45, 2.75) is 38.3 Å². The number of anilines is 2. The smallest absolute Gasteiger partial charge is 0.281 e. The first-order valence-electron chi connectivity index (χ1n) is 14.3. The van der Waals surface area contributed by atoms with Gasteiger partial charge in [-0.3, -0.25) is 23.6 Å². The lowest BCUT2D eigenvalue weighted by molar-refractivity contribution is 0.0980. The Labute approximate surface area is 277 Å². The molecule has 3 atom stereocenters. The molecule has 1 aromatic carbocycles. The topological polar surface area (TPSA) is 130 Å². The Morgan fingerprint density at radius 3 is 2.49 bits per heavy atom. The summed E-state index contributed by atoms with van der Waals surface area (Å²) in [6, 6.07) is 6.83. The van der Waals surface area contributed by atoms with Crippen molar-refractivity contribution in [3.05, 3.63) is 73.0 Å². The predicted molar refractivity (Wildman–Crippen MR) is 180 cm³/mol. The Balaban J connectivity index is 1.31. The van der Waals surface area contributed by atoms with E-state index in [1.807, 2.05) is 26.0 Å². The zero-order chi connectivity index (χ0) is 32.5. The molecule has 1 aliphatic heterocycles. The van der Waals surface area contributed by atoms with Crippen LogP contribution in [0.3, 0.4) is 0 Å². The van der Waals surface area contributed by atoms with Crippen LogP contribution in [0.15, 0.2) is 29.1 Å². The molecule has 1 saturated heterocycles. The lowest BCUT2D eigenvalue weighted by Crippen LogP contribution is -2.36. The highest BCUT2D eigenvalue weighted by Crippen LogP contribution is 2.59. The highest BCUT2D eigenvalue weighted by atomic mass is 35.5. The second-order valence-corrected chi connectivity index (χ2v) is 13.2. The number of halogens is 2. The standard InChI is InChI=1S/C29H30B2Cl2N8O3S/c1-12-8-15(13(2)34-19-6-7-20(32)35-24(19)26(42)38-45-5)23-16(9-12)27(43)39(4)28(36-23)40-10-17-18(11-40)21(17)25-22(33)14(3)41(37-25)29(30,31)44/h6-9,13,17-18,21,34,44H,10-11H2,1-5H3,(H,38,42). The van der Waals surface area contributed by atoms with Gasteiger partial charge in [-0.25, -0.2) is 9.97 Å². The Bertz CT molecular complexity index is 1900. The van der Waals surface area contributed by atoms with E-state index in [-0.39, 0.29) is 46.1 Å². The van der Waals surface area contributed by atoms with E-state index in [4.69, 9.17) is 43.9 Å². The SMILES string of the molecule is [B]C([B])(O)n1nc(C2C3CN(c4nc5c(C(C)Nc6ccc(Cl)nc6C(=O)NSC)cc(C)cc5c(=O)n4C)CC32)c(Cl)c1C. The molecule has 1 aliphatic carbocycles. The number of hydrogen-bond donors (Lipinski definition) is 3. The van der Waals surface area contributed by atoms with E-state index < -0.39 is 5.52 Å². The van der Waals surface area contributed by atoms with Gasteiger partial charge in [-0.1, -0.05) is 41.2 Å². The highest BCUT2D eigenvalue weighted by molar-refractivity contribution is 7.97. The quantitative estimate of drug-likeness (QED) is 0.148. The van der Waals surface area contributed by atoms with E-state index in [0.717, 1.165) is 15.8 Å². The van der Waals surface area contributed by atoms with Crippen LogP contribution < -0.4 is 20.5 Å². The Morgan fingerprint density at radius 1 is 1.18 bits per heavy atom. The molecule has 4 radical (unpaired) electrons. The summed E-state index contributed by atoms with van der Waals surface area (Å²) in [5, 5.41) is 19.1. The minimum absolute atomic E-state index is 0.0847. The fraction of sp³-hybridized carbons (Fsp3) is 0.414. The van der Waals surface area contributed by atoms with Crippen molar-refractivity contribution in [3.63, 3.8) is 0 Å². The summed E-state index contributed by atoms with van der Waals surface area (Å²) in [6.07, 6.45) is 1.75. The van der Waals surface area contributed by atoms with E-state index in [0.29, 0.717) is 52.0 Å². The molecule has 45 heavy (non-hydrogen) atoms. The Kier molecular flexibility index (Phi) is 8.16. The van der Waals surface area contributed by atoms with Gasteiger partial charge in [0.15, 0.2) is 5.69 Å². The molecule has 6 rings (SSSR count). The summed E-state index contributed by atoms with van der Waals surface area (Å²) in [6.45, 7) is 6.89. The first-order valence-corrected chi connectivity index (χ1v) is 16.3. The monoisotopic (exact) mass is 662 g/mol. The molecule has 3 N–H and O–H groups in total. The fourth-order valence-electron chi connectivity index (χ4n) is 6.49. The molecule has 4 aromatic rings. The molecule has 16 heteroatoms. The number of aliphatic hydroxyl groups is 1. The van der Waals surface area contributed by atoms with E-state index in [1.165, 1.54) is 11.9 Å². The number of benzene rings is 1. The summed E-state index contributed by atoms with van der Waals surface area (Å²) >= 11 is 13.9. The second kappa shape index (κ2) is 11.6. The maximum Gasteiger partial charge on any atom is 0.281 e. The molecule has 230 valence electrons. The van der Waals surface area contributed by atoms with Gasteiger partial charge in [0.25, 0.3) is 11.5 Å². The third-order valence-corrected chi connectivity index (χ3v) is 9.71.